The first-order chi connectivity index (χ1) is 21.7. The number of aromatic nitrogens is 1. The van der Waals surface area contributed by atoms with E-state index in [2.05, 4.69) is 41.5 Å². The number of nitro benzene ring substituents is 1. The summed E-state index contributed by atoms with van der Waals surface area (Å²) in [4.78, 5) is 10.5. The summed E-state index contributed by atoms with van der Waals surface area (Å²) in [7, 11) is -6.59. The summed E-state index contributed by atoms with van der Waals surface area (Å²) in [6.07, 6.45) is 2.30. The van der Waals surface area contributed by atoms with E-state index in [1.54, 1.807) is 12.1 Å². The van der Waals surface area contributed by atoms with Gasteiger partial charge in [-0.05, 0) is 78.6 Å². The number of nitro groups is 1. The summed E-state index contributed by atoms with van der Waals surface area (Å²) in [5, 5.41) is 23.2. The van der Waals surface area contributed by atoms with Gasteiger partial charge in [-0.1, -0.05) is 84.0 Å². The van der Waals surface area contributed by atoms with Gasteiger partial charge < -0.3 is 14.3 Å². The number of aryl methyl sites for hydroxylation is 1. The summed E-state index contributed by atoms with van der Waals surface area (Å²) in [5.74, 6) is 0.606. The van der Waals surface area contributed by atoms with Crippen molar-refractivity contribution in [2.24, 2.45) is 0 Å². The van der Waals surface area contributed by atoms with E-state index >= 15 is 0 Å². The van der Waals surface area contributed by atoms with Gasteiger partial charge in [-0.2, -0.15) is 0 Å². The van der Waals surface area contributed by atoms with Crippen LogP contribution in [-0.4, -0.2) is 43.4 Å². The molecule has 1 heterocycles. The maximum Gasteiger partial charge on any atom is 0.289 e. The molecule has 0 aliphatic heterocycles. The normalized spacial score (nSPS) is 13.7. The fourth-order valence-corrected chi connectivity index (χ4v) is 13.4. The minimum atomic E-state index is -4.20. The van der Waals surface area contributed by atoms with Crippen LogP contribution in [0.15, 0.2) is 89.2 Å². The van der Waals surface area contributed by atoms with Crippen LogP contribution >= 0.6 is 0 Å². The third-order valence-corrected chi connectivity index (χ3v) is 16.5. The molecule has 0 fully saturated rings. The number of ether oxygens (including phenoxy) is 1. The molecule has 1 N–H and O–H groups in total. The number of nitrogens with zero attached hydrogens (tertiary/aromatic N) is 2. The van der Waals surface area contributed by atoms with Crippen molar-refractivity contribution in [3.63, 3.8) is 0 Å². The molecule has 0 aliphatic rings. The highest BCUT2D eigenvalue weighted by molar-refractivity contribution is 7.90. The van der Waals surface area contributed by atoms with Crippen LogP contribution in [0.5, 0.6) is 0 Å². The molecule has 3 aromatic rings. The van der Waals surface area contributed by atoms with Gasteiger partial charge in [-0.15, -0.1) is 0 Å². The molecule has 0 bridgehead atoms. The van der Waals surface area contributed by atoms with Crippen LogP contribution in [-0.2, 0) is 32.2 Å². The molecule has 0 aliphatic carbocycles. The number of hydrogen-bond donors (Lipinski definition) is 1. The van der Waals surface area contributed by atoms with E-state index in [9.17, 15) is 23.6 Å². The molecule has 0 saturated carbocycles. The largest absolute Gasteiger partial charge is 0.544 e. The zero-order valence-corrected chi connectivity index (χ0v) is 30.0. The van der Waals surface area contributed by atoms with E-state index in [-0.39, 0.29) is 4.90 Å². The Morgan fingerprint density at radius 2 is 1.54 bits per heavy atom. The smallest absolute Gasteiger partial charge is 0.289 e. The van der Waals surface area contributed by atoms with Gasteiger partial charge in [0.2, 0.25) is 0 Å². The lowest BCUT2D eigenvalue weighted by Gasteiger charge is -2.44. The number of para-hydroxylation sites is 1. The second-order valence-electron chi connectivity index (χ2n) is 12.8. The highest BCUT2D eigenvalue weighted by Crippen LogP contribution is 2.44. The Kier molecular flexibility index (Phi) is 13.4. The Morgan fingerprint density at radius 1 is 0.935 bits per heavy atom. The summed E-state index contributed by atoms with van der Waals surface area (Å²) in [5.41, 5.74) is 2.99. The van der Waals surface area contributed by atoms with Gasteiger partial charge in [0.25, 0.3) is 24.0 Å². The molecule has 1 aromatic heterocycles. The Balaban J connectivity index is 1.81. The highest BCUT2D eigenvalue weighted by atomic mass is 32.2. The standard InChI is InChI=1S/C35H50N2O7SSi/c1-26(2)46(27(3)4,28(5)6)44-35(29(7)22-24-43-25-30-15-9-8-10-16-30)33(38)20-13-17-31-18-14-23-36(31)45(41,42)34-21-12-11-19-32(34)37(39)40/h8-12,14-16,18-19,21,23,26-28,33,38H,13,17,20,22,24-25H2,1-7H3/b35-29+. The second-order valence-corrected chi connectivity index (χ2v) is 19.9. The highest BCUT2D eigenvalue weighted by Gasteiger charge is 2.48. The lowest BCUT2D eigenvalue weighted by molar-refractivity contribution is -0.387. The molecule has 1 atom stereocenters. The van der Waals surface area contributed by atoms with E-state index in [0.717, 1.165) is 15.1 Å². The first kappa shape index (κ1) is 37.2. The van der Waals surface area contributed by atoms with Crippen LogP contribution in [0.4, 0.5) is 5.69 Å². The van der Waals surface area contributed by atoms with E-state index in [1.807, 2.05) is 37.3 Å². The van der Waals surface area contributed by atoms with Crippen molar-refractivity contribution in [1.29, 1.82) is 0 Å². The molecule has 3 rings (SSSR count). The van der Waals surface area contributed by atoms with Gasteiger partial charge in [-0.25, -0.2) is 12.4 Å². The lowest BCUT2D eigenvalue weighted by atomic mass is 10.0. The fraction of sp³-hybridized carbons (Fsp3) is 0.486. The molecule has 11 heteroatoms. The SMILES string of the molecule is C/C(CCOCc1ccccc1)=C(\O[Si](C(C)C)(C(C)C)C(C)C)C(O)CCCc1cccn1S(=O)(=O)c1ccccc1[N+](=O)[O-]. The Hall–Kier alpha value is -3.25. The molecule has 1 unspecified atom stereocenters. The van der Waals surface area contributed by atoms with E-state index in [4.69, 9.17) is 9.16 Å². The average molecular weight is 671 g/mol. The Labute approximate surface area is 275 Å². The number of aliphatic hydroxyl groups is 1. The van der Waals surface area contributed by atoms with Crippen molar-refractivity contribution in [3.05, 3.63) is 106 Å². The molecular formula is C35H50N2O7SSi. The van der Waals surface area contributed by atoms with Gasteiger partial charge >= 0.3 is 0 Å². The predicted molar refractivity (Wildman–Crippen MR) is 185 cm³/mol. The summed E-state index contributed by atoms with van der Waals surface area (Å²) in [6.45, 7) is 16.2. The number of benzene rings is 2. The Morgan fingerprint density at radius 3 is 2.15 bits per heavy atom. The van der Waals surface area contributed by atoms with Crippen LogP contribution in [0.2, 0.25) is 16.6 Å². The van der Waals surface area contributed by atoms with Gasteiger partial charge in [0, 0.05) is 18.0 Å². The summed E-state index contributed by atoms with van der Waals surface area (Å²) < 4.78 is 41.1. The molecule has 0 radical (unpaired) electrons. The van der Waals surface area contributed by atoms with Crippen molar-refractivity contribution < 1.29 is 27.6 Å². The molecule has 46 heavy (non-hydrogen) atoms. The van der Waals surface area contributed by atoms with Crippen molar-refractivity contribution in [2.75, 3.05) is 6.61 Å². The molecule has 0 spiro atoms. The number of aliphatic hydroxyl groups excluding tert-OH is 1. The minimum Gasteiger partial charge on any atom is -0.544 e. The third-order valence-electron chi connectivity index (χ3n) is 8.75. The summed E-state index contributed by atoms with van der Waals surface area (Å²) in [6, 6.07) is 18.6. The monoisotopic (exact) mass is 670 g/mol. The molecular weight excluding hydrogens is 621 g/mol. The zero-order chi connectivity index (χ0) is 34.1. The van der Waals surface area contributed by atoms with Crippen molar-refractivity contribution >= 4 is 24.0 Å². The van der Waals surface area contributed by atoms with E-state index in [1.165, 1.54) is 30.5 Å². The minimum absolute atomic E-state index is 0.312. The molecule has 0 saturated heterocycles. The van der Waals surface area contributed by atoms with Crippen molar-refractivity contribution in [3.8, 4) is 0 Å². The molecule has 252 valence electrons. The molecule has 2 aromatic carbocycles. The van der Waals surface area contributed by atoms with Crippen LogP contribution in [0.3, 0.4) is 0 Å². The molecule has 0 amide bonds. The van der Waals surface area contributed by atoms with Crippen LogP contribution < -0.4 is 0 Å². The number of hydrogen-bond acceptors (Lipinski definition) is 7. The van der Waals surface area contributed by atoms with Crippen LogP contribution in [0.25, 0.3) is 0 Å². The molecule has 9 nitrogen and oxygen atoms in total. The van der Waals surface area contributed by atoms with Gasteiger partial charge in [0.05, 0.1) is 18.1 Å². The van der Waals surface area contributed by atoms with Crippen molar-refractivity contribution in [1.82, 2.24) is 3.97 Å². The van der Waals surface area contributed by atoms with E-state index in [0.29, 0.717) is 67.0 Å². The summed E-state index contributed by atoms with van der Waals surface area (Å²) >= 11 is 0. The van der Waals surface area contributed by atoms with Crippen LogP contribution in [0, 0.1) is 10.1 Å². The van der Waals surface area contributed by atoms with Gasteiger partial charge in [0.15, 0.2) is 4.90 Å². The third kappa shape index (κ3) is 8.76. The fourth-order valence-electron chi connectivity index (χ4n) is 6.47. The first-order valence-corrected chi connectivity index (χ1v) is 19.6. The number of rotatable bonds is 18. The van der Waals surface area contributed by atoms with Crippen molar-refractivity contribution in [2.45, 2.75) is 108 Å². The average Bonchev–Trinajstić information content (AvgIpc) is 3.49. The van der Waals surface area contributed by atoms with Crippen LogP contribution in [0.1, 0.15) is 79.0 Å². The first-order valence-electron chi connectivity index (χ1n) is 16.1. The zero-order valence-electron chi connectivity index (χ0n) is 28.2. The maximum atomic E-state index is 13.5. The Bertz CT molecular complexity index is 1540. The second kappa shape index (κ2) is 16.5. The van der Waals surface area contributed by atoms with Gasteiger partial charge in [-0.3, -0.25) is 10.1 Å². The van der Waals surface area contributed by atoms with Gasteiger partial charge in [0.1, 0.15) is 11.9 Å². The lowest BCUT2D eigenvalue weighted by Crippen LogP contribution is -2.48. The predicted octanol–water partition coefficient (Wildman–Crippen LogP) is 8.39. The maximum absolute atomic E-state index is 13.5. The quantitative estimate of drug-likeness (QED) is 0.0474. The van der Waals surface area contributed by atoms with E-state index < -0.39 is 35.1 Å². The topological polar surface area (TPSA) is 121 Å².